The lowest BCUT2D eigenvalue weighted by Gasteiger charge is -2.20. The van der Waals surface area contributed by atoms with Crippen LogP contribution < -0.4 is 0 Å². The van der Waals surface area contributed by atoms with Crippen LogP contribution in [0.4, 0.5) is 0 Å². The number of rotatable bonds is 8. The first-order valence-corrected chi connectivity index (χ1v) is 7.48. The number of hydrogen-bond donors (Lipinski definition) is 0. The molecule has 17 heavy (non-hydrogen) atoms. The molecule has 0 unspecified atom stereocenters. The van der Waals surface area contributed by atoms with E-state index in [4.69, 9.17) is 16.3 Å². The third-order valence-electron chi connectivity index (χ3n) is 2.36. The van der Waals surface area contributed by atoms with Gasteiger partial charge in [0.2, 0.25) is 0 Å². The third kappa shape index (κ3) is 6.97. The van der Waals surface area contributed by atoms with E-state index in [1.807, 2.05) is 30.0 Å². The van der Waals surface area contributed by atoms with Crippen molar-refractivity contribution in [3.63, 3.8) is 0 Å². The third-order valence-corrected chi connectivity index (χ3v) is 4.60. The predicted molar refractivity (Wildman–Crippen MR) is 78.0 cm³/mol. The smallest absolute Gasteiger partial charge is 0.0716 e. The summed E-state index contributed by atoms with van der Waals surface area (Å²) in [5, 5.41) is 0. The highest BCUT2D eigenvalue weighted by atomic mass is 35.5. The molecule has 3 heteroatoms. The van der Waals surface area contributed by atoms with Crippen molar-refractivity contribution in [2.24, 2.45) is 0 Å². The van der Waals surface area contributed by atoms with Crippen LogP contribution in [-0.4, -0.2) is 23.0 Å². The maximum absolute atomic E-state index is 5.86. The SMILES string of the molecule is CC(C)(CCl)SCCCOCc1ccccc1. The van der Waals surface area contributed by atoms with Crippen LogP contribution in [0.1, 0.15) is 25.8 Å². The van der Waals surface area contributed by atoms with Gasteiger partial charge in [-0.25, -0.2) is 0 Å². The van der Waals surface area contributed by atoms with Crippen LogP contribution in [0, 0.1) is 0 Å². The fourth-order valence-electron chi connectivity index (χ4n) is 1.31. The molecule has 0 atom stereocenters. The second kappa shape index (κ2) is 8.02. The largest absolute Gasteiger partial charge is 0.377 e. The quantitative estimate of drug-likeness (QED) is 0.514. The van der Waals surface area contributed by atoms with E-state index in [2.05, 4.69) is 26.0 Å². The van der Waals surface area contributed by atoms with Gasteiger partial charge in [0.05, 0.1) is 6.61 Å². The van der Waals surface area contributed by atoms with E-state index in [0.717, 1.165) is 18.8 Å². The van der Waals surface area contributed by atoms with Crippen LogP contribution in [0.2, 0.25) is 0 Å². The highest BCUT2D eigenvalue weighted by Gasteiger charge is 2.15. The van der Waals surface area contributed by atoms with E-state index < -0.39 is 0 Å². The monoisotopic (exact) mass is 272 g/mol. The summed E-state index contributed by atoms with van der Waals surface area (Å²) in [7, 11) is 0. The Bertz CT molecular complexity index is 300. The minimum absolute atomic E-state index is 0.182. The topological polar surface area (TPSA) is 9.23 Å². The standard InChI is InChI=1S/C14H21ClOS/c1-14(2,12-15)17-10-6-9-16-11-13-7-4-3-5-8-13/h3-5,7-8H,6,9-12H2,1-2H3. The van der Waals surface area contributed by atoms with E-state index >= 15 is 0 Å². The molecule has 0 aliphatic rings. The van der Waals surface area contributed by atoms with Gasteiger partial charge in [-0.15, -0.1) is 11.6 Å². The molecular weight excluding hydrogens is 252 g/mol. The van der Waals surface area contributed by atoms with Gasteiger partial charge >= 0.3 is 0 Å². The summed E-state index contributed by atoms with van der Waals surface area (Å²) in [6.07, 6.45) is 1.08. The van der Waals surface area contributed by atoms with Gasteiger partial charge in [0, 0.05) is 17.2 Å². The van der Waals surface area contributed by atoms with Crippen molar-refractivity contribution in [3.05, 3.63) is 35.9 Å². The van der Waals surface area contributed by atoms with Crippen LogP contribution in [0.3, 0.4) is 0 Å². The van der Waals surface area contributed by atoms with Crippen LogP contribution >= 0.6 is 23.4 Å². The molecule has 1 aromatic carbocycles. The molecule has 0 saturated heterocycles. The molecule has 0 fully saturated rings. The molecule has 0 saturated carbocycles. The normalized spacial score (nSPS) is 11.7. The van der Waals surface area contributed by atoms with E-state index in [-0.39, 0.29) is 4.75 Å². The van der Waals surface area contributed by atoms with E-state index in [0.29, 0.717) is 12.5 Å². The Hall–Kier alpha value is -0.180. The summed E-state index contributed by atoms with van der Waals surface area (Å²) < 4.78 is 5.80. The van der Waals surface area contributed by atoms with Gasteiger partial charge in [-0.2, -0.15) is 11.8 Å². The zero-order valence-corrected chi connectivity index (χ0v) is 12.2. The van der Waals surface area contributed by atoms with Gasteiger partial charge in [-0.05, 0) is 31.6 Å². The average molecular weight is 273 g/mol. The molecule has 0 bridgehead atoms. The van der Waals surface area contributed by atoms with E-state index in [1.54, 1.807) is 0 Å². The highest BCUT2D eigenvalue weighted by Crippen LogP contribution is 2.25. The maximum Gasteiger partial charge on any atom is 0.0716 e. The molecule has 1 rings (SSSR count). The van der Waals surface area contributed by atoms with Gasteiger partial charge in [0.15, 0.2) is 0 Å². The number of halogens is 1. The van der Waals surface area contributed by atoms with Gasteiger partial charge in [0.25, 0.3) is 0 Å². The first-order chi connectivity index (χ1) is 8.14. The van der Waals surface area contributed by atoms with Crippen LogP contribution in [0.25, 0.3) is 0 Å². The minimum Gasteiger partial charge on any atom is -0.377 e. The van der Waals surface area contributed by atoms with Gasteiger partial charge in [-0.3, -0.25) is 0 Å². The lowest BCUT2D eigenvalue weighted by molar-refractivity contribution is 0.122. The molecule has 1 aromatic rings. The average Bonchev–Trinajstić information content (AvgIpc) is 2.35. The lowest BCUT2D eigenvalue weighted by atomic mass is 10.2. The molecule has 0 aliphatic carbocycles. The number of ether oxygens (including phenoxy) is 1. The second-order valence-electron chi connectivity index (χ2n) is 4.63. The molecule has 0 N–H and O–H groups in total. The lowest BCUT2D eigenvalue weighted by Crippen LogP contribution is -2.17. The first kappa shape index (κ1) is 14.9. The predicted octanol–water partition coefficient (Wildman–Crippen LogP) is 4.34. The van der Waals surface area contributed by atoms with Gasteiger partial charge in [0.1, 0.15) is 0 Å². The fraction of sp³-hybridized carbons (Fsp3) is 0.571. The van der Waals surface area contributed by atoms with Crippen molar-refractivity contribution in [1.82, 2.24) is 0 Å². The molecule has 0 aliphatic heterocycles. The van der Waals surface area contributed by atoms with Gasteiger partial charge < -0.3 is 4.74 Å². The van der Waals surface area contributed by atoms with Crippen LogP contribution in [0.5, 0.6) is 0 Å². The molecule has 96 valence electrons. The number of hydrogen-bond acceptors (Lipinski definition) is 2. The summed E-state index contributed by atoms with van der Waals surface area (Å²) >= 11 is 7.77. The zero-order valence-electron chi connectivity index (χ0n) is 10.6. The number of alkyl halides is 1. The Balaban J connectivity index is 2.02. The Morgan fingerprint density at radius 1 is 1.24 bits per heavy atom. The number of benzene rings is 1. The molecule has 1 nitrogen and oxygen atoms in total. The van der Waals surface area contributed by atoms with E-state index in [9.17, 15) is 0 Å². The van der Waals surface area contributed by atoms with Crippen molar-refractivity contribution in [2.75, 3.05) is 18.2 Å². The Morgan fingerprint density at radius 2 is 1.94 bits per heavy atom. The Kier molecular flexibility index (Phi) is 7.02. The Morgan fingerprint density at radius 3 is 2.59 bits per heavy atom. The van der Waals surface area contributed by atoms with Crippen molar-refractivity contribution >= 4 is 23.4 Å². The maximum atomic E-state index is 5.86. The number of thioether (sulfide) groups is 1. The Labute approximate surface area is 114 Å². The minimum atomic E-state index is 0.182. The van der Waals surface area contributed by atoms with Gasteiger partial charge in [-0.1, -0.05) is 30.3 Å². The van der Waals surface area contributed by atoms with Crippen LogP contribution in [0.15, 0.2) is 30.3 Å². The fourth-order valence-corrected chi connectivity index (χ4v) is 2.44. The van der Waals surface area contributed by atoms with Crippen molar-refractivity contribution < 1.29 is 4.74 Å². The molecule has 0 heterocycles. The molecule has 0 aromatic heterocycles. The molecule has 0 spiro atoms. The summed E-state index contributed by atoms with van der Waals surface area (Å²) in [5.41, 5.74) is 1.24. The highest BCUT2D eigenvalue weighted by molar-refractivity contribution is 8.00. The first-order valence-electron chi connectivity index (χ1n) is 5.96. The zero-order chi connectivity index (χ0) is 12.6. The second-order valence-corrected chi connectivity index (χ2v) is 6.70. The summed E-state index contributed by atoms with van der Waals surface area (Å²) in [6, 6.07) is 10.3. The van der Waals surface area contributed by atoms with Crippen molar-refractivity contribution in [3.8, 4) is 0 Å². The van der Waals surface area contributed by atoms with Crippen molar-refractivity contribution in [2.45, 2.75) is 31.6 Å². The summed E-state index contributed by atoms with van der Waals surface area (Å²) in [5.74, 6) is 1.80. The van der Waals surface area contributed by atoms with E-state index in [1.165, 1.54) is 5.56 Å². The van der Waals surface area contributed by atoms with Crippen molar-refractivity contribution in [1.29, 1.82) is 0 Å². The molecule has 0 radical (unpaired) electrons. The molecular formula is C14H21ClOS. The summed E-state index contributed by atoms with van der Waals surface area (Å²) in [4.78, 5) is 0. The molecule has 0 amide bonds. The van der Waals surface area contributed by atoms with Crippen LogP contribution in [-0.2, 0) is 11.3 Å². The summed E-state index contributed by atoms with van der Waals surface area (Å²) in [6.45, 7) is 5.88.